The van der Waals surface area contributed by atoms with Gasteiger partial charge in [-0.25, -0.2) is 5.43 Å². The number of carbonyl (C=O) groups excluding carboxylic acids is 2. The van der Waals surface area contributed by atoms with Gasteiger partial charge in [-0.2, -0.15) is 5.10 Å². The molecule has 1 heterocycles. The van der Waals surface area contributed by atoms with Gasteiger partial charge in [0.05, 0.1) is 6.61 Å². The molecular weight excluding hydrogens is 246 g/mol. The summed E-state index contributed by atoms with van der Waals surface area (Å²) in [5, 5.41) is 16.2. The lowest BCUT2D eigenvalue weighted by atomic mass is 9.74. The molecule has 6 heteroatoms. The Morgan fingerprint density at radius 3 is 2.63 bits per heavy atom. The maximum Gasteiger partial charge on any atom is 0.267 e. The topological polar surface area (TPSA) is 90.8 Å². The average molecular weight is 267 g/mol. The minimum absolute atomic E-state index is 0.108. The van der Waals surface area contributed by atoms with E-state index in [4.69, 9.17) is 0 Å². The molecule has 0 unspecified atom stereocenters. The largest absolute Gasteiger partial charge is 0.396 e. The van der Waals surface area contributed by atoms with Crippen molar-refractivity contribution in [2.75, 3.05) is 13.2 Å². The van der Waals surface area contributed by atoms with Crippen LogP contribution in [0.4, 0.5) is 0 Å². The molecule has 1 saturated carbocycles. The van der Waals surface area contributed by atoms with Crippen molar-refractivity contribution in [3.8, 4) is 0 Å². The van der Waals surface area contributed by atoms with Crippen LogP contribution in [0.3, 0.4) is 0 Å². The van der Waals surface area contributed by atoms with Crippen LogP contribution in [0.15, 0.2) is 5.10 Å². The van der Waals surface area contributed by atoms with Crippen molar-refractivity contribution in [3.63, 3.8) is 0 Å². The van der Waals surface area contributed by atoms with E-state index in [2.05, 4.69) is 15.8 Å². The Morgan fingerprint density at radius 2 is 2.05 bits per heavy atom. The van der Waals surface area contributed by atoms with Crippen LogP contribution in [-0.4, -0.2) is 35.8 Å². The standard InChI is InChI=1S/C13H21N3O3/c17-9-13(6-2-1-3-7-13)8-14-12(19)10-4-5-11(18)16-15-10/h17H,1-9H2,(H,14,19)(H,16,18). The number of rotatable bonds is 4. The van der Waals surface area contributed by atoms with Crippen molar-refractivity contribution < 1.29 is 14.7 Å². The minimum atomic E-state index is -0.238. The van der Waals surface area contributed by atoms with Gasteiger partial charge in [0.2, 0.25) is 5.91 Å². The molecule has 2 aliphatic rings. The zero-order valence-electron chi connectivity index (χ0n) is 11.1. The molecule has 0 atom stereocenters. The smallest absolute Gasteiger partial charge is 0.267 e. The SMILES string of the molecule is O=C1CCC(C(=O)NCC2(CO)CCCCC2)=NN1. The van der Waals surface area contributed by atoms with E-state index in [0.29, 0.717) is 25.1 Å². The molecule has 1 fully saturated rings. The molecule has 106 valence electrons. The summed E-state index contributed by atoms with van der Waals surface area (Å²) >= 11 is 0. The van der Waals surface area contributed by atoms with Gasteiger partial charge in [0, 0.05) is 24.8 Å². The number of aliphatic hydroxyl groups excluding tert-OH is 1. The van der Waals surface area contributed by atoms with Gasteiger partial charge in [-0.05, 0) is 12.8 Å². The first-order chi connectivity index (χ1) is 9.15. The molecular formula is C13H21N3O3. The number of nitrogens with one attached hydrogen (secondary N) is 2. The van der Waals surface area contributed by atoms with E-state index >= 15 is 0 Å². The van der Waals surface area contributed by atoms with Gasteiger partial charge in [0.1, 0.15) is 5.71 Å². The molecule has 0 radical (unpaired) electrons. The Labute approximate surface area is 112 Å². The van der Waals surface area contributed by atoms with Gasteiger partial charge in [-0.3, -0.25) is 9.59 Å². The third kappa shape index (κ3) is 3.53. The Balaban J connectivity index is 1.87. The van der Waals surface area contributed by atoms with E-state index in [0.717, 1.165) is 25.7 Å². The van der Waals surface area contributed by atoms with Gasteiger partial charge in [0.25, 0.3) is 5.91 Å². The molecule has 19 heavy (non-hydrogen) atoms. The molecule has 1 aliphatic carbocycles. The Hall–Kier alpha value is -1.43. The highest BCUT2D eigenvalue weighted by Gasteiger charge is 2.32. The summed E-state index contributed by atoms with van der Waals surface area (Å²) in [5.41, 5.74) is 2.50. The molecule has 0 aromatic carbocycles. The predicted octanol–water partition coefficient (Wildman–Crippen LogP) is 0.311. The van der Waals surface area contributed by atoms with E-state index in [9.17, 15) is 14.7 Å². The van der Waals surface area contributed by atoms with Crippen LogP contribution in [0.1, 0.15) is 44.9 Å². The third-order valence-electron chi connectivity index (χ3n) is 4.04. The molecule has 0 saturated heterocycles. The van der Waals surface area contributed by atoms with Crippen molar-refractivity contribution >= 4 is 17.5 Å². The number of nitrogens with zero attached hydrogens (tertiary/aromatic N) is 1. The summed E-state index contributed by atoms with van der Waals surface area (Å²) in [6, 6.07) is 0. The number of hydrazone groups is 1. The molecule has 1 aliphatic heterocycles. The molecule has 2 rings (SSSR count). The zero-order valence-corrected chi connectivity index (χ0v) is 11.1. The van der Waals surface area contributed by atoms with Crippen LogP contribution < -0.4 is 10.7 Å². The molecule has 0 spiro atoms. The fraction of sp³-hybridized carbons (Fsp3) is 0.769. The van der Waals surface area contributed by atoms with E-state index < -0.39 is 0 Å². The second-order valence-corrected chi connectivity index (χ2v) is 5.49. The molecule has 0 aromatic heterocycles. The number of carbonyl (C=O) groups is 2. The first-order valence-electron chi connectivity index (χ1n) is 6.90. The monoisotopic (exact) mass is 267 g/mol. The molecule has 3 N–H and O–H groups in total. The van der Waals surface area contributed by atoms with Crippen LogP contribution >= 0.6 is 0 Å². The van der Waals surface area contributed by atoms with Gasteiger partial charge in [-0.1, -0.05) is 19.3 Å². The third-order valence-corrected chi connectivity index (χ3v) is 4.04. The number of amides is 2. The van der Waals surface area contributed by atoms with Crippen molar-refractivity contribution in [1.29, 1.82) is 0 Å². The number of hydrogen-bond donors (Lipinski definition) is 3. The first kappa shape index (κ1) is 14.0. The molecule has 0 aromatic rings. The van der Waals surface area contributed by atoms with Crippen LogP contribution in [-0.2, 0) is 9.59 Å². The van der Waals surface area contributed by atoms with E-state index in [1.165, 1.54) is 6.42 Å². The van der Waals surface area contributed by atoms with Gasteiger partial charge in [0.15, 0.2) is 0 Å². The summed E-state index contributed by atoms with van der Waals surface area (Å²) in [5.74, 6) is -0.394. The summed E-state index contributed by atoms with van der Waals surface area (Å²) in [6.45, 7) is 0.589. The lowest BCUT2D eigenvalue weighted by Gasteiger charge is -2.35. The van der Waals surface area contributed by atoms with Crippen LogP contribution in [0.25, 0.3) is 0 Å². The Bertz CT molecular complexity index is 387. The van der Waals surface area contributed by atoms with Crippen molar-refractivity contribution in [1.82, 2.24) is 10.7 Å². The highest BCUT2D eigenvalue weighted by Crippen LogP contribution is 2.35. The highest BCUT2D eigenvalue weighted by atomic mass is 16.3. The fourth-order valence-electron chi connectivity index (χ4n) is 2.70. The normalized spacial score (nSPS) is 22.4. The van der Waals surface area contributed by atoms with Crippen molar-refractivity contribution in [2.45, 2.75) is 44.9 Å². The number of hydrogen-bond acceptors (Lipinski definition) is 4. The van der Waals surface area contributed by atoms with Crippen molar-refractivity contribution in [2.24, 2.45) is 10.5 Å². The summed E-state index contributed by atoms with van der Waals surface area (Å²) in [7, 11) is 0. The number of aliphatic hydroxyl groups is 1. The summed E-state index contributed by atoms with van der Waals surface area (Å²) in [4.78, 5) is 22.9. The van der Waals surface area contributed by atoms with E-state index in [1.54, 1.807) is 0 Å². The zero-order chi connectivity index (χ0) is 13.7. The second-order valence-electron chi connectivity index (χ2n) is 5.49. The first-order valence-corrected chi connectivity index (χ1v) is 6.90. The van der Waals surface area contributed by atoms with Crippen LogP contribution in [0, 0.1) is 5.41 Å². The fourth-order valence-corrected chi connectivity index (χ4v) is 2.70. The summed E-state index contributed by atoms with van der Waals surface area (Å²) < 4.78 is 0. The van der Waals surface area contributed by atoms with Gasteiger partial charge >= 0.3 is 0 Å². The summed E-state index contributed by atoms with van der Waals surface area (Å²) in [6.07, 6.45) is 6.00. The van der Waals surface area contributed by atoms with Crippen LogP contribution in [0.2, 0.25) is 0 Å². The Kier molecular flexibility index (Phi) is 4.52. The minimum Gasteiger partial charge on any atom is -0.396 e. The second kappa shape index (κ2) is 6.14. The quantitative estimate of drug-likeness (QED) is 0.684. The van der Waals surface area contributed by atoms with E-state index in [1.807, 2.05) is 0 Å². The Morgan fingerprint density at radius 1 is 1.32 bits per heavy atom. The molecule has 0 bridgehead atoms. The highest BCUT2D eigenvalue weighted by molar-refractivity contribution is 6.39. The maximum atomic E-state index is 11.9. The maximum absolute atomic E-state index is 11.9. The molecule has 2 amide bonds. The van der Waals surface area contributed by atoms with E-state index in [-0.39, 0.29) is 23.8 Å². The van der Waals surface area contributed by atoms with Gasteiger partial charge in [-0.15, -0.1) is 0 Å². The van der Waals surface area contributed by atoms with Gasteiger partial charge < -0.3 is 10.4 Å². The van der Waals surface area contributed by atoms with Crippen molar-refractivity contribution in [3.05, 3.63) is 0 Å². The average Bonchev–Trinajstić information content (AvgIpc) is 2.46. The lowest BCUT2D eigenvalue weighted by molar-refractivity contribution is -0.121. The predicted molar refractivity (Wildman–Crippen MR) is 70.4 cm³/mol. The van der Waals surface area contributed by atoms with Crippen LogP contribution in [0.5, 0.6) is 0 Å². The lowest BCUT2D eigenvalue weighted by Crippen LogP contribution is -2.44. The molecule has 6 nitrogen and oxygen atoms in total.